The van der Waals surface area contributed by atoms with E-state index in [2.05, 4.69) is 0 Å². The lowest BCUT2D eigenvalue weighted by Gasteiger charge is -2.16. The van der Waals surface area contributed by atoms with Crippen LogP contribution >= 0.6 is 23.2 Å². The highest BCUT2D eigenvalue weighted by Gasteiger charge is 2.19. The number of carbonyl (C=O) groups excluding carboxylic acids is 1. The lowest BCUT2D eigenvalue weighted by molar-refractivity contribution is -0.125. The summed E-state index contributed by atoms with van der Waals surface area (Å²) in [6.45, 7) is 0. The third-order valence-corrected chi connectivity index (χ3v) is 3.00. The zero-order valence-corrected chi connectivity index (χ0v) is 11.4. The molecule has 2 aromatic carbocycles. The molecule has 3 nitrogen and oxygen atoms in total. The summed E-state index contributed by atoms with van der Waals surface area (Å²) in [4.78, 5) is 11.5. The predicted octanol–water partition coefficient (Wildman–Crippen LogP) is 3.60. The second kappa shape index (κ2) is 5.95. The summed E-state index contributed by atoms with van der Waals surface area (Å²) in [6.07, 6.45) is -0.863. The van der Waals surface area contributed by atoms with E-state index >= 15 is 0 Å². The van der Waals surface area contributed by atoms with Gasteiger partial charge in [0.25, 0.3) is 5.91 Å². The number of hydrogen-bond donors (Lipinski definition) is 1. The van der Waals surface area contributed by atoms with Crippen molar-refractivity contribution in [1.82, 2.24) is 0 Å². The Balaban J connectivity index is 2.23. The van der Waals surface area contributed by atoms with Crippen LogP contribution in [0.15, 0.2) is 48.5 Å². The van der Waals surface area contributed by atoms with Gasteiger partial charge in [0.2, 0.25) is 6.10 Å². The molecule has 2 aromatic rings. The van der Waals surface area contributed by atoms with Crippen molar-refractivity contribution in [3.63, 3.8) is 0 Å². The number of nitrogens with two attached hydrogens (primary N) is 1. The van der Waals surface area contributed by atoms with Gasteiger partial charge in [0.1, 0.15) is 5.75 Å². The molecule has 1 atom stereocenters. The minimum atomic E-state index is -0.863. The molecule has 19 heavy (non-hydrogen) atoms. The average Bonchev–Trinajstić information content (AvgIpc) is 2.39. The van der Waals surface area contributed by atoms with Crippen LogP contribution in [0, 0.1) is 0 Å². The molecule has 0 aliphatic carbocycles. The SMILES string of the molecule is NC(=O)[C@H](Oc1ccc(Cl)cc1)c1ccc(Cl)cc1. The number of halogens is 2. The first-order valence-electron chi connectivity index (χ1n) is 5.53. The van der Waals surface area contributed by atoms with Gasteiger partial charge in [-0.2, -0.15) is 0 Å². The lowest BCUT2D eigenvalue weighted by Crippen LogP contribution is -2.26. The second-order valence-corrected chi connectivity index (χ2v) is 4.78. The zero-order valence-electron chi connectivity index (χ0n) is 9.85. The van der Waals surface area contributed by atoms with Gasteiger partial charge in [-0.1, -0.05) is 35.3 Å². The Kier molecular flexibility index (Phi) is 4.30. The van der Waals surface area contributed by atoms with Crippen LogP contribution in [0.3, 0.4) is 0 Å². The maximum absolute atomic E-state index is 11.5. The number of rotatable bonds is 4. The molecule has 2 N–H and O–H groups in total. The largest absolute Gasteiger partial charge is 0.476 e. The standard InChI is InChI=1S/C14H11Cl2NO2/c15-10-3-1-9(2-4-10)13(14(17)18)19-12-7-5-11(16)6-8-12/h1-8,13H,(H2,17,18)/t13-/m1/s1. The highest BCUT2D eigenvalue weighted by Crippen LogP contribution is 2.24. The number of ether oxygens (including phenoxy) is 1. The number of primary amides is 1. The lowest BCUT2D eigenvalue weighted by atomic mass is 10.1. The first kappa shape index (κ1) is 13.7. The molecule has 0 spiro atoms. The summed E-state index contributed by atoms with van der Waals surface area (Å²) in [5.74, 6) is -0.0552. The molecule has 1 amide bonds. The van der Waals surface area contributed by atoms with Gasteiger partial charge in [0.15, 0.2) is 0 Å². The van der Waals surface area contributed by atoms with E-state index < -0.39 is 12.0 Å². The third kappa shape index (κ3) is 3.63. The smallest absolute Gasteiger partial charge is 0.263 e. The van der Waals surface area contributed by atoms with Gasteiger partial charge < -0.3 is 10.5 Å². The Hall–Kier alpha value is -1.71. The maximum Gasteiger partial charge on any atom is 0.263 e. The Morgan fingerprint density at radius 3 is 1.89 bits per heavy atom. The summed E-state index contributed by atoms with van der Waals surface area (Å²) in [6, 6.07) is 13.5. The molecule has 5 heteroatoms. The van der Waals surface area contributed by atoms with Gasteiger partial charge in [-0.15, -0.1) is 0 Å². The molecule has 0 bridgehead atoms. The molecule has 0 radical (unpaired) electrons. The number of amides is 1. The molecule has 0 heterocycles. The van der Waals surface area contributed by atoms with Crippen molar-refractivity contribution in [2.75, 3.05) is 0 Å². The Bertz CT molecular complexity index is 567. The topological polar surface area (TPSA) is 52.3 Å². The van der Waals surface area contributed by atoms with Crippen LogP contribution in [-0.4, -0.2) is 5.91 Å². The second-order valence-electron chi connectivity index (χ2n) is 3.91. The minimum absolute atomic E-state index is 0.517. The van der Waals surface area contributed by atoms with Crippen LogP contribution in [0.1, 0.15) is 11.7 Å². The van der Waals surface area contributed by atoms with Gasteiger partial charge in [-0.3, -0.25) is 4.79 Å². The van der Waals surface area contributed by atoms with Crippen molar-refractivity contribution in [3.8, 4) is 5.75 Å². The van der Waals surface area contributed by atoms with Crippen LogP contribution in [-0.2, 0) is 4.79 Å². The molecule has 0 saturated carbocycles. The van der Waals surface area contributed by atoms with E-state index in [4.69, 9.17) is 33.7 Å². The van der Waals surface area contributed by atoms with Crippen LogP contribution in [0.4, 0.5) is 0 Å². The van der Waals surface area contributed by atoms with Crippen molar-refractivity contribution in [2.24, 2.45) is 5.73 Å². The average molecular weight is 296 g/mol. The molecule has 0 saturated heterocycles. The fraction of sp³-hybridized carbons (Fsp3) is 0.0714. The monoisotopic (exact) mass is 295 g/mol. The van der Waals surface area contributed by atoms with Crippen molar-refractivity contribution < 1.29 is 9.53 Å². The molecule has 0 aliphatic rings. The molecule has 0 unspecified atom stereocenters. The molecule has 98 valence electrons. The van der Waals surface area contributed by atoms with Crippen molar-refractivity contribution in [2.45, 2.75) is 6.10 Å². The summed E-state index contributed by atoms with van der Waals surface area (Å²) < 4.78 is 5.58. The highest BCUT2D eigenvalue weighted by molar-refractivity contribution is 6.30. The molecule has 2 rings (SSSR count). The maximum atomic E-state index is 11.5. The zero-order chi connectivity index (χ0) is 13.8. The summed E-state index contributed by atoms with van der Waals surface area (Å²) >= 11 is 11.6. The Morgan fingerprint density at radius 2 is 1.42 bits per heavy atom. The van der Waals surface area contributed by atoms with Gasteiger partial charge in [-0.25, -0.2) is 0 Å². The molecular formula is C14H11Cl2NO2. The van der Waals surface area contributed by atoms with Gasteiger partial charge >= 0.3 is 0 Å². The molecular weight excluding hydrogens is 285 g/mol. The van der Waals surface area contributed by atoms with Gasteiger partial charge in [0.05, 0.1) is 0 Å². The van der Waals surface area contributed by atoms with E-state index in [1.165, 1.54) is 0 Å². The van der Waals surface area contributed by atoms with E-state index in [0.29, 0.717) is 21.4 Å². The number of benzene rings is 2. The minimum Gasteiger partial charge on any atom is -0.476 e. The van der Waals surface area contributed by atoms with E-state index in [1.807, 2.05) is 0 Å². The van der Waals surface area contributed by atoms with E-state index in [0.717, 1.165) is 0 Å². The molecule has 0 aliphatic heterocycles. The third-order valence-electron chi connectivity index (χ3n) is 2.50. The predicted molar refractivity (Wildman–Crippen MR) is 75.5 cm³/mol. The van der Waals surface area contributed by atoms with E-state index in [-0.39, 0.29) is 0 Å². The Morgan fingerprint density at radius 1 is 0.947 bits per heavy atom. The first-order valence-corrected chi connectivity index (χ1v) is 6.29. The fourth-order valence-electron chi connectivity index (χ4n) is 1.58. The van der Waals surface area contributed by atoms with E-state index in [1.54, 1.807) is 48.5 Å². The summed E-state index contributed by atoms with van der Waals surface area (Å²) in [5.41, 5.74) is 6.01. The number of hydrogen-bond acceptors (Lipinski definition) is 2. The van der Waals surface area contributed by atoms with Gasteiger partial charge in [0, 0.05) is 15.6 Å². The molecule has 0 aromatic heterocycles. The van der Waals surface area contributed by atoms with E-state index in [9.17, 15) is 4.79 Å². The summed E-state index contributed by atoms with van der Waals surface area (Å²) in [5, 5.41) is 1.17. The van der Waals surface area contributed by atoms with Crippen LogP contribution in [0.5, 0.6) is 5.75 Å². The molecule has 0 fully saturated rings. The fourth-order valence-corrected chi connectivity index (χ4v) is 1.83. The quantitative estimate of drug-likeness (QED) is 0.937. The van der Waals surface area contributed by atoms with Crippen molar-refractivity contribution in [1.29, 1.82) is 0 Å². The van der Waals surface area contributed by atoms with Crippen molar-refractivity contribution >= 4 is 29.1 Å². The van der Waals surface area contributed by atoms with Crippen molar-refractivity contribution in [3.05, 3.63) is 64.1 Å². The van der Waals surface area contributed by atoms with Crippen LogP contribution in [0.2, 0.25) is 10.0 Å². The normalized spacial score (nSPS) is 11.9. The van der Waals surface area contributed by atoms with Crippen LogP contribution in [0.25, 0.3) is 0 Å². The summed E-state index contributed by atoms with van der Waals surface area (Å²) in [7, 11) is 0. The van der Waals surface area contributed by atoms with Crippen LogP contribution < -0.4 is 10.5 Å². The first-order chi connectivity index (χ1) is 9.06. The van der Waals surface area contributed by atoms with Gasteiger partial charge in [-0.05, 0) is 36.4 Å². The Labute approximate surface area is 120 Å². The number of carbonyl (C=O) groups is 1. The highest BCUT2D eigenvalue weighted by atomic mass is 35.5.